The molecule has 1 saturated heterocycles. The average molecular weight is 270 g/mol. The van der Waals surface area contributed by atoms with Crippen LogP contribution in [-0.4, -0.2) is 57.9 Å². The zero-order valence-electron chi connectivity index (χ0n) is 10.3. The highest BCUT2D eigenvalue weighted by Crippen LogP contribution is 2.20. The number of carboxylic acid groups (broad SMARTS) is 1. The molecule has 1 aliphatic rings. The van der Waals surface area contributed by atoms with Gasteiger partial charge in [0.05, 0.1) is 12.6 Å². The van der Waals surface area contributed by atoms with E-state index in [1.165, 1.54) is 12.0 Å². The summed E-state index contributed by atoms with van der Waals surface area (Å²) in [5.41, 5.74) is 0. The molecule has 1 fully saturated rings. The molecule has 2 heterocycles. The summed E-state index contributed by atoms with van der Waals surface area (Å²) in [5, 5.41) is 15.2. The summed E-state index contributed by atoms with van der Waals surface area (Å²) in [5.74, 6) is -0.725. The molecule has 2 atom stereocenters. The van der Waals surface area contributed by atoms with Crippen LogP contribution in [0.15, 0.2) is 10.9 Å². The summed E-state index contributed by atoms with van der Waals surface area (Å²) in [4.78, 5) is 28.0. The number of aliphatic carboxylic acids is 1. The van der Waals surface area contributed by atoms with Crippen molar-refractivity contribution in [2.24, 2.45) is 0 Å². The monoisotopic (exact) mass is 270 g/mol. The summed E-state index contributed by atoms with van der Waals surface area (Å²) < 4.78 is 9.62. The first-order valence-corrected chi connectivity index (χ1v) is 5.67. The molecule has 0 bridgehead atoms. The summed E-state index contributed by atoms with van der Waals surface area (Å²) in [6.45, 7) is 0.321. The van der Waals surface area contributed by atoms with Crippen LogP contribution >= 0.6 is 0 Å². The van der Waals surface area contributed by atoms with Crippen molar-refractivity contribution in [3.63, 3.8) is 0 Å². The van der Waals surface area contributed by atoms with E-state index < -0.39 is 18.0 Å². The third-order valence-electron chi connectivity index (χ3n) is 2.95. The van der Waals surface area contributed by atoms with Crippen LogP contribution in [0.25, 0.3) is 0 Å². The van der Waals surface area contributed by atoms with E-state index in [-0.39, 0.29) is 25.6 Å². The zero-order valence-corrected chi connectivity index (χ0v) is 10.3. The van der Waals surface area contributed by atoms with Crippen molar-refractivity contribution >= 4 is 12.0 Å². The molecule has 0 spiro atoms. The molecule has 2 unspecified atom stereocenters. The summed E-state index contributed by atoms with van der Waals surface area (Å²) in [6, 6.07) is -1.37. The third kappa shape index (κ3) is 2.99. The molecule has 9 nitrogen and oxygen atoms in total. The van der Waals surface area contributed by atoms with Gasteiger partial charge in [0.15, 0.2) is 5.82 Å². The normalized spacial score (nSPS) is 22.5. The van der Waals surface area contributed by atoms with E-state index >= 15 is 0 Å². The Morgan fingerprint density at radius 1 is 1.68 bits per heavy atom. The molecule has 19 heavy (non-hydrogen) atoms. The quantitative estimate of drug-likeness (QED) is 0.753. The van der Waals surface area contributed by atoms with Crippen molar-refractivity contribution in [3.05, 3.63) is 12.2 Å². The SMILES string of the molecule is COC1CC(C(=O)O)N(C(=O)NCc2ncon2)C1. The van der Waals surface area contributed by atoms with Crippen molar-refractivity contribution < 1.29 is 24.0 Å². The van der Waals surface area contributed by atoms with Gasteiger partial charge in [0.2, 0.25) is 6.39 Å². The van der Waals surface area contributed by atoms with Gasteiger partial charge >= 0.3 is 12.0 Å². The Bertz CT molecular complexity index is 449. The number of nitrogens with one attached hydrogen (secondary N) is 1. The highest BCUT2D eigenvalue weighted by molar-refractivity contribution is 5.83. The minimum absolute atomic E-state index is 0.0792. The van der Waals surface area contributed by atoms with Crippen molar-refractivity contribution in [1.82, 2.24) is 20.4 Å². The minimum Gasteiger partial charge on any atom is -0.480 e. The Morgan fingerprint density at radius 2 is 2.47 bits per heavy atom. The van der Waals surface area contributed by atoms with Crippen molar-refractivity contribution in [3.8, 4) is 0 Å². The Kier molecular flexibility index (Phi) is 3.95. The maximum Gasteiger partial charge on any atom is 0.326 e. The zero-order chi connectivity index (χ0) is 13.8. The summed E-state index contributed by atoms with van der Waals surface area (Å²) in [7, 11) is 1.49. The number of rotatable bonds is 4. The van der Waals surface area contributed by atoms with Crippen LogP contribution in [0.5, 0.6) is 0 Å². The fraction of sp³-hybridized carbons (Fsp3) is 0.600. The van der Waals surface area contributed by atoms with Gasteiger partial charge in [-0.15, -0.1) is 0 Å². The van der Waals surface area contributed by atoms with Crippen LogP contribution in [0, 0.1) is 0 Å². The van der Waals surface area contributed by atoms with E-state index in [0.29, 0.717) is 5.82 Å². The molecule has 1 aromatic heterocycles. The highest BCUT2D eigenvalue weighted by atomic mass is 16.5. The Balaban J connectivity index is 1.94. The van der Waals surface area contributed by atoms with Crippen LogP contribution in [-0.2, 0) is 16.1 Å². The molecule has 0 saturated carbocycles. The molecule has 1 aromatic rings. The number of carbonyl (C=O) groups excluding carboxylic acids is 1. The molecule has 0 aromatic carbocycles. The van der Waals surface area contributed by atoms with Crippen LogP contribution in [0.2, 0.25) is 0 Å². The number of carboxylic acids is 1. The molecule has 9 heteroatoms. The van der Waals surface area contributed by atoms with Gasteiger partial charge in [-0.3, -0.25) is 0 Å². The number of amides is 2. The minimum atomic E-state index is -1.05. The maximum absolute atomic E-state index is 11.9. The largest absolute Gasteiger partial charge is 0.480 e. The standard InChI is InChI=1S/C10H14N4O5/c1-18-6-2-7(9(15)16)14(4-6)10(17)11-3-8-12-5-19-13-8/h5-7H,2-4H2,1H3,(H,11,17)(H,15,16). The van der Waals surface area contributed by atoms with Gasteiger partial charge in [-0.25, -0.2) is 9.59 Å². The first-order valence-electron chi connectivity index (χ1n) is 5.67. The lowest BCUT2D eigenvalue weighted by Gasteiger charge is -2.21. The first kappa shape index (κ1) is 13.3. The number of aromatic nitrogens is 2. The predicted molar refractivity (Wildman–Crippen MR) is 60.1 cm³/mol. The number of likely N-dealkylation sites (tertiary alicyclic amines) is 1. The van der Waals surface area contributed by atoms with Gasteiger partial charge in [-0.1, -0.05) is 5.16 Å². The molecule has 1 aliphatic heterocycles. The van der Waals surface area contributed by atoms with E-state index in [0.717, 1.165) is 6.39 Å². The van der Waals surface area contributed by atoms with E-state index in [1.54, 1.807) is 0 Å². The fourth-order valence-corrected chi connectivity index (χ4v) is 1.95. The van der Waals surface area contributed by atoms with Gasteiger partial charge in [-0.2, -0.15) is 4.98 Å². The molecule has 0 aliphatic carbocycles. The molecule has 2 N–H and O–H groups in total. The number of nitrogens with zero attached hydrogens (tertiary/aromatic N) is 3. The van der Waals surface area contributed by atoms with Crippen molar-refractivity contribution in [2.75, 3.05) is 13.7 Å². The number of carbonyl (C=O) groups is 2. The summed E-state index contributed by atoms with van der Waals surface area (Å²) in [6.07, 6.45) is 1.16. The van der Waals surface area contributed by atoms with Gasteiger partial charge in [0.1, 0.15) is 6.04 Å². The Morgan fingerprint density at radius 3 is 3.05 bits per heavy atom. The Hall–Kier alpha value is -2.16. The molecule has 2 rings (SSSR count). The smallest absolute Gasteiger partial charge is 0.326 e. The van der Waals surface area contributed by atoms with Crippen molar-refractivity contribution in [1.29, 1.82) is 0 Å². The highest BCUT2D eigenvalue weighted by Gasteiger charge is 2.39. The molecular weight excluding hydrogens is 256 g/mol. The fourth-order valence-electron chi connectivity index (χ4n) is 1.95. The van der Waals surface area contributed by atoms with E-state index in [9.17, 15) is 9.59 Å². The second kappa shape index (κ2) is 5.65. The number of hydrogen-bond donors (Lipinski definition) is 2. The van der Waals surface area contributed by atoms with Gasteiger partial charge in [0.25, 0.3) is 0 Å². The lowest BCUT2D eigenvalue weighted by Crippen LogP contribution is -2.46. The molecule has 104 valence electrons. The van der Waals surface area contributed by atoms with Gasteiger partial charge in [0, 0.05) is 20.1 Å². The number of hydrogen-bond acceptors (Lipinski definition) is 6. The Labute approximate surface area is 108 Å². The molecule has 2 amide bonds. The number of ether oxygens (including phenoxy) is 1. The third-order valence-corrected chi connectivity index (χ3v) is 2.95. The number of urea groups is 1. The average Bonchev–Trinajstić information content (AvgIpc) is 3.04. The second-order valence-corrected chi connectivity index (χ2v) is 4.11. The maximum atomic E-state index is 11.9. The van der Waals surface area contributed by atoms with Gasteiger partial charge in [-0.05, 0) is 0 Å². The number of methoxy groups -OCH3 is 1. The lowest BCUT2D eigenvalue weighted by molar-refractivity contribution is -0.141. The van der Waals surface area contributed by atoms with E-state index in [2.05, 4.69) is 20.0 Å². The topological polar surface area (TPSA) is 118 Å². The lowest BCUT2D eigenvalue weighted by atomic mass is 10.2. The summed E-state index contributed by atoms with van der Waals surface area (Å²) >= 11 is 0. The second-order valence-electron chi connectivity index (χ2n) is 4.11. The predicted octanol–water partition coefficient (Wildman–Crippen LogP) is -0.547. The van der Waals surface area contributed by atoms with E-state index in [1.807, 2.05) is 0 Å². The van der Waals surface area contributed by atoms with Crippen LogP contribution in [0.4, 0.5) is 4.79 Å². The van der Waals surface area contributed by atoms with Crippen LogP contribution < -0.4 is 5.32 Å². The van der Waals surface area contributed by atoms with Crippen LogP contribution in [0.3, 0.4) is 0 Å². The van der Waals surface area contributed by atoms with Crippen LogP contribution in [0.1, 0.15) is 12.2 Å². The molecule has 0 radical (unpaired) electrons. The van der Waals surface area contributed by atoms with E-state index in [4.69, 9.17) is 9.84 Å². The van der Waals surface area contributed by atoms with Crippen molar-refractivity contribution in [2.45, 2.75) is 25.1 Å². The first-order chi connectivity index (χ1) is 9.11. The molecular formula is C10H14N4O5. The van der Waals surface area contributed by atoms with Gasteiger partial charge < -0.3 is 24.6 Å².